The second kappa shape index (κ2) is 6.50. The van der Waals surface area contributed by atoms with E-state index < -0.39 is 11.7 Å². The number of hydrogen-bond donors (Lipinski definition) is 1. The molecule has 0 bridgehead atoms. The Balaban J connectivity index is 2.37. The molecule has 1 atom stereocenters. The van der Waals surface area contributed by atoms with E-state index in [1.807, 2.05) is 19.9 Å². The Labute approximate surface area is 134 Å². The first-order valence-electron chi connectivity index (χ1n) is 6.49. The molecule has 6 heteroatoms. The maximum atomic E-state index is 12.6. The zero-order valence-electron chi connectivity index (χ0n) is 11.6. The van der Waals surface area contributed by atoms with Crippen molar-refractivity contribution in [3.8, 4) is 0 Å². The van der Waals surface area contributed by atoms with Crippen molar-refractivity contribution in [2.45, 2.75) is 26.1 Å². The van der Waals surface area contributed by atoms with Gasteiger partial charge in [-0.05, 0) is 53.2 Å². The van der Waals surface area contributed by atoms with Gasteiger partial charge in [0.05, 0.1) is 11.6 Å². The molecule has 0 amide bonds. The third-order valence-corrected chi connectivity index (χ3v) is 5.11. The topological polar surface area (TPSA) is 12.0 Å². The maximum Gasteiger partial charge on any atom is 0.416 e. The predicted molar refractivity (Wildman–Crippen MR) is 83.7 cm³/mol. The van der Waals surface area contributed by atoms with Crippen LogP contribution in [0.15, 0.2) is 34.8 Å². The van der Waals surface area contributed by atoms with Gasteiger partial charge >= 0.3 is 6.18 Å². The van der Waals surface area contributed by atoms with Crippen LogP contribution in [0.5, 0.6) is 0 Å². The first-order valence-corrected chi connectivity index (χ1v) is 8.10. The quantitative estimate of drug-likeness (QED) is 0.737. The lowest BCUT2D eigenvalue weighted by molar-refractivity contribution is -0.137. The number of halogens is 4. The van der Waals surface area contributed by atoms with Gasteiger partial charge in [-0.25, -0.2) is 0 Å². The van der Waals surface area contributed by atoms with Gasteiger partial charge in [-0.1, -0.05) is 19.1 Å². The molecule has 0 spiro atoms. The Morgan fingerprint density at radius 3 is 2.29 bits per heavy atom. The average molecular weight is 378 g/mol. The first kappa shape index (κ1) is 16.5. The van der Waals surface area contributed by atoms with Crippen LogP contribution in [0.3, 0.4) is 0 Å². The molecule has 114 valence electrons. The van der Waals surface area contributed by atoms with Crippen LogP contribution in [0.1, 0.15) is 33.8 Å². The zero-order valence-corrected chi connectivity index (χ0v) is 14.0. The van der Waals surface area contributed by atoms with Crippen molar-refractivity contribution in [3.63, 3.8) is 0 Å². The average Bonchev–Trinajstić information content (AvgIpc) is 2.74. The summed E-state index contributed by atoms with van der Waals surface area (Å²) in [6, 6.07) is 7.26. The zero-order chi connectivity index (χ0) is 15.6. The molecule has 1 heterocycles. The van der Waals surface area contributed by atoms with Crippen LogP contribution in [-0.2, 0) is 6.18 Å². The lowest BCUT2D eigenvalue weighted by atomic mass is 10.0. The highest BCUT2D eigenvalue weighted by Gasteiger charge is 2.30. The van der Waals surface area contributed by atoms with Crippen molar-refractivity contribution >= 4 is 27.3 Å². The summed E-state index contributed by atoms with van der Waals surface area (Å²) in [5.41, 5.74) is 0.204. The number of thiophene rings is 1. The number of alkyl halides is 3. The van der Waals surface area contributed by atoms with Crippen molar-refractivity contribution in [2.75, 3.05) is 6.54 Å². The van der Waals surface area contributed by atoms with Crippen molar-refractivity contribution in [3.05, 3.63) is 55.7 Å². The Morgan fingerprint density at radius 2 is 1.86 bits per heavy atom. The molecule has 1 N–H and O–H groups in total. The van der Waals surface area contributed by atoms with Crippen molar-refractivity contribution in [1.29, 1.82) is 0 Å². The van der Waals surface area contributed by atoms with E-state index in [0.717, 1.165) is 38.5 Å². The Kier molecular flexibility index (Phi) is 5.11. The van der Waals surface area contributed by atoms with E-state index in [-0.39, 0.29) is 6.04 Å². The van der Waals surface area contributed by atoms with Crippen LogP contribution in [0, 0.1) is 6.92 Å². The number of aryl methyl sites for hydroxylation is 1. The fourth-order valence-electron chi connectivity index (χ4n) is 2.13. The molecule has 1 aromatic heterocycles. The fourth-order valence-corrected chi connectivity index (χ4v) is 4.11. The Hall–Kier alpha value is -0.850. The van der Waals surface area contributed by atoms with Gasteiger partial charge in [-0.3, -0.25) is 0 Å². The monoisotopic (exact) mass is 377 g/mol. The van der Waals surface area contributed by atoms with Gasteiger partial charge in [-0.2, -0.15) is 13.2 Å². The molecular formula is C15H15BrF3NS. The van der Waals surface area contributed by atoms with Gasteiger partial charge in [-0.15, -0.1) is 11.3 Å². The molecule has 0 fully saturated rings. The lowest BCUT2D eigenvalue weighted by Crippen LogP contribution is -2.21. The van der Waals surface area contributed by atoms with E-state index in [4.69, 9.17) is 0 Å². The minimum absolute atomic E-state index is 0.106. The molecule has 0 aliphatic heterocycles. The summed E-state index contributed by atoms with van der Waals surface area (Å²) in [5, 5.41) is 3.33. The van der Waals surface area contributed by atoms with E-state index in [2.05, 4.69) is 21.2 Å². The SMILES string of the molecule is CCNC(c1ccc(C(F)(F)F)cc1)c1sc(C)cc1Br. The summed E-state index contributed by atoms with van der Waals surface area (Å²) in [7, 11) is 0. The molecule has 0 radical (unpaired) electrons. The maximum absolute atomic E-state index is 12.6. The standard InChI is InChI=1S/C15H15BrF3NS/c1-3-20-13(14-12(16)8-9(2)21-14)10-4-6-11(7-5-10)15(17,18)19/h4-8,13,20H,3H2,1-2H3. The van der Waals surface area contributed by atoms with Crippen LogP contribution in [0.25, 0.3) is 0 Å². The van der Waals surface area contributed by atoms with E-state index in [0.29, 0.717) is 0 Å². The normalized spacial score (nSPS) is 13.4. The highest BCUT2D eigenvalue weighted by atomic mass is 79.9. The molecule has 2 rings (SSSR count). The molecule has 1 nitrogen and oxygen atoms in total. The molecule has 0 aliphatic carbocycles. The van der Waals surface area contributed by atoms with Gasteiger partial charge in [0.1, 0.15) is 0 Å². The summed E-state index contributed by atoms with van der Waals surface area (Å²) in [6.45, 7) is 4.72. The molecule has 1 aromatic carbocycles. The van der Waals surface area contributed by atoms with E-state index >= 15 is 0 Å². The van der Waals surface area contributed by atoms with Crippen LogP contribution in [0.4, 0.5) is 13.2 Å². The number of nitrogens with one attached hydrogen (secondary N) is 1. The highest BCUT2D eigenvalue weighted by Crippen LogP contribution is 2.36. The fraction of sp³-hybridized carbons (Fsp3) is 0.333. The molecular weight excluding hydrogens is 363 g/mol. The van der Waals surface area contributed by atoms with Gasteiger partial charge in [0, 0.05) is 14.2 Å². The highest BCUT2D eigenvalue weighted by molar-refractivity contribution is 9.10. The Morgan fingerprint density at radius 1 is 1.24 bits per heavy atom. The largest absolute Gasteiger partial charge is 0.416 e. The van der Waals surface area contributed by atoms with E-state index in [1.54, 1.807) is 11.3 Å². The third-order valence-electron chi connectivity index (χ3n) is 3.08. The van der Waals surface area contributed by atoms with Crippen LogP contribution < -0.4 is 5.32 Å². The summed E-state index contributed by atoms with van der Waals surface area (Å²) in [5.74, 6) is 0. The van der Waals surface area contributed by atoms with Gasteiger partial charge in [0.25, 0.3) is 0 Å². The predicted octanol–water partition coefficient (Wildman–Crippen LogP) is 5.54. The summed E-state index contributed by atoms with van der Waals surface area (Å²) < 4.78 is 38.9. The number of benzene rings is 1. The van der Waals surface area contributed by atoms with E-state index in [9.17, 15) is 13.2 Å². The van der Waals surface area contributed by atoms with Crippen LogP contribution in [-0.4, -0.2) is 6.54 Å². The van der Waals surface area contributed by atoms with Crippen molar-refractivity contribution < 1.29 is 13.2 Å². The minimum atomic E-state index is -4.30. The molecule has 0 saturated carbocycles. The van der Waals surface area contributed by atoms with Crippen molar-refractivity contribution in [2.24, 2.45) is 0 Å². The molecule has 2 aromatic rings. The summed E-state index contributed by atoms with van der Waals surface area (Å²) >= 11 is 5.16. The van der Waals surface area contributed by atoms with Gasteiger partial charge in [0.2, 0.25) is 0 Å². The number of hydrogen-bond acceptors (Lipinski definition) is 2. The number of rotatable bonds is 4. The third kappa shape index (κ3) is 3.87. The van der Waals surface area contributed by atoms with E-state index in [1.165, 1.54) is 12.1 Å². The van der Waals surface area contributed by atoms with Gasteiger partial charge in [0.15, 0.2) is 0 Å². The summed E-state index contributed by atoms with van der Waals surface area (Å²) in [4.78, 5) is 2.24. The minimum Gasteiger partial charge on any atom is -0.306 e. The molecule has 1 unspecified atom stereocenters. The smallest absolute Gasteiger partial charge is 0.306 e. The van der Waals surface area contributed by atoms with Crippen LogP contribution in [0.2, 0.25) is 0 Å². The second-order valence-electron chi connectivity index (χ2n) is 4.68. The van der Waals surface area contributed by atoms with Crippen molar-refractivity contribution in [1.82, 2.24) is 5.32 Å². The molecule has 0 aliphatic rings. The molecule has 0 saturated heterocycles. The first-order chi connectivity index (χ1) is 9.82. The lowest BCUT2D eigenvalue weighted by Gasteiger charge is -2.18. The summed E-state index contributed by atoms with van der Waals surface area (Å²) in [6.07, 6.45) is -4.30. The van der Waals surface area contributed by atoms with Gasteiger partial charge < -0.3 is 5.32 Å². The molecule has 21 heavy (non-hydrogen) atoms. The van der Waals surface area contributed by atoms with Crippen LogP contribution >= 0.6 is 27.3 Å². The Bertz CT molecular complexity index is 604. The second-order valence-corrected chi connectivity index (χ2v) is 6.82.